The maximum atomic E-state index is 9.50. The standard InChI is InChI=1S/C18H23N5O/c1-12(2)15(11-24)21-17-8-9-18-20-10-16(23(18)22-17)13-4-6-14(19-3)7-5-13/h4-10,12,15,19,24H,11H2,1-3H3,(H,21,22)/t15-/m1/s1. The summed E-state index contributed by atoms with van der Waals surface area (Å²) in [5.41, 5.74) is 3.83. The molecule has 1 aromatic carbocycles. The van der Waals surface area contributed by atoms with Crippen LogP contribution in [-0.4, -0.2) is 39.4 Å². The summed E-state index contributed by atoms with van der Waals surface area (Å²) in [6.07, 6.45) is 1.83. The molecule has 0 amide bonds. The van der Waals surface area contributed by atoms with Gasteiger partial charge in [-0.05, 0) is 30.2 Å². The van der Waals surface area contributed by atoms with Gasteiger partial charge in [-0.1, -0.05) is 26.0 Å². The summed E-state index contributed by atoms with van der Waals surface area (Å²) < 4.78 is 1.82. The van der Waals surface area contributed by atoms with Crippen LogP contribution in [0.3, 0.4) is 0 Å². The number of nitrogens with zero attached hydrogens (tertiary/aromatic N) is 3. The number of rotatable bonds is 6. The number of aliphatic hydroxyl groups excluding tert-OH is 1. The van der Waals surface area contributed by atoms with Crippen LogP contribution >= 0.6 is 0 Å². The Kier molecular flexibility index (Phi) is 4.66. The number of imidazole rings is 1. The number of nitrogens with one attached hydrogen (secondary N) is 2. The molecule has 0 saturated carbocycles. The topological polar surface area (TPSA) is 74.5 Å². The van der Waals surface area contributed by atoms with Crippen LogP contribution < -0.4 is 10.6 Å². The molecule has 3 N–H and O–H groups in total. The second kappa shape index (κ2) is 6.88. The van der Waals surface area contributed by atoms with E-state index in [0.29, 0.717) is 5.92 Å². The van der Waals surface area contributed by atoms with Gasteiger partial charge >= 0.3 is 0 Å². The molecule has 0 bridgehead atoms. The molecular formula is C18H23N5O. The van der Waals surface area contributed by atoms with Crippen molar-refractivity contribution in [3.63, 3.8) is 0 Å². The first-order valence-electron chi connectivity index (χ1n) is 8.12. The van der Waals surface area contributed by atoms with Crippen molar-refractivity contribution in [3.8, 4) is 11.3 Å². The van der Waals surface area contributed by atoms with E-state index in [1.165, 1.54) is 0 Å². The first kappa shape index (κ1) is 16.3. The molecule has 0 fully saturated rings. The Labute approximate surface area is 141 Å². The zero-order valence-corrected chi connectivity index (χ0v) is 14.2. The lowest BCUT2D eigenvalue weighted by Crippen LogP contribution is -2.30. The van der Waals surface area contributed by atoms with E-state index in [1.54, 1.807) is 0 Å². The number of fused-ring (bicyclic) bond motifs is 1. The van der Waals surface area contributed by atoms with Gasteiger partial charge < -0.3 is 15.7 Å². The average molecular weight is 325 g/mol. The predicted octanol–water partition coefficient (Wildman–Crippen LogP) is 2.87. The van der Waals surface area contributed by atoms with E-state index in [-0.39, 0.29) is 12.6 Å². The molecule has 0 aliphatic heterocycles. The monoisotopic (exact) mass is 325 g/mol. The summed E-state index contributed by atoms with van der Waals surface area (Å²) >= 11 is 0. The van der Waals surface area contributed by atoms with Crippen molar-refractivity contribution in [2.24, 2.45) is 5.92 Å². The molecule has 2 aromatic heterocycles. The highest BCUT2D eigenvalue weighted by atomic mass is 16.3. The fourth-order valence-corrected chi connectivity index (χ4v) is 2.57. The van der Waals surface area contributed by atoms with Crippen molar-refractivity contribution >= 4 is 17.2 Å². The Morgan fingerprint density at radius 2 is 1.88 bits per heavy atom. The first-order valence-corrected chi connectivity index (χ1v) is 8.12. The van der Waals surface area contributed by atoms with Gasteiger partial charge in [0.1, 0.15) is 5.82 Å². The highest BCUT2D eigenvalue weighted by molar-refractivity contribution is 5.66. The lowest BCUT2D eigenvalue weighted by molar-refractivity contribution is 0.249. The van der Waals surface area contributed by atoms with Gasteiger partial charge in [0.2, 0.25) is 0 Å². The minimum atomic E-state index is -0.0307. The Bertz CT molecular complexity index is 810. The van der Waals surface area contributed by atoms with Gasteiger partial charge in [0.05, 0.1) is 24.5 Å². The fourth-order valence-electron chi connectivity index (χ4n) is 2.57. The number of hydrogen-bond acceptors (Lipinski definition) is 5. The van der Waals surface area contributed by atoms with Crippen LogP contribution in [0.25, 0.3) is 16.9 Å². The van der Waals surface area contributed by atoms with Crippen LogP contribution in [0.5, 0.6) is 0 Å². The zero-order valence-electron chi connectivity index (χ0n) is 14.2. The van der Waals surface area contributed by atoms with Gasteiger partial charge in [-0.15, -0.1) is 5.10 Å². The van der Waals surface area contributed by atoms with E-state index in [2.05, 4.69) is 34.6 Å². The zero-order chi connectivity index (χ0) is 17.1. The van der Waals surface area contributed by atoms with E-state index in [1.807, 2.05) is 54.2 Å². The van der Waals surface area contributed by atoms with E-state index in [0.717, 1.165) is 28.4 Å². The maximum Gasteiger partial charge on any atom is 0.154 e. The molecule has 0 aliphatic rings. The summed E-state index contributed by atoms with van der Waals surface area (Å²) in [5, 5.41) is 20.5. The van der Waals surface area contributed by atoms with Gasteiger partial charge in [-0.3, -0.25) is 0 Å². The highest BCUT2D eigenvalue weighted by Gasteiger charge is 2.14. The van der Waals surface area contributed by atoms with E-state index in [9.17, 15) is 5.11 Å². The lowest BCUT2D eigenvalue weighted by Gasteiger charge is -2.20. The molecular weight excluding hydrogens is 302 g/mol. The molecule has 0 unspecified atom stereocenters. The molecule has 3 aromatic rings. The third-order valence-corrected chi connectivity index (χ3v) is 4.17. The van der Waals surface area contributed by atoms with Gasteiger partial charge in [0.25, 0.3) is 0 Å². The number of benzene rings is 1. The number of anilines is 2. The summed E-state index contributed by atoms with van der Waals surface area (Å²) in [4.78, 5) is 4.42. The Hall–Kier alpha value is -2.60. The second-order valence-electron chi connectivity index (χ2n) is 6.14. The van der Waals surface area contributed by atoms with Crippen LogP contribution in [-0.2, 0) is 0 Å². The molecule has 126 valence electrons. The fraction of sp³-hybridized carbons (Fsp3) is 0.333. The first-order chi connectivity index (χ1) is 11.6. The molecule has 1 atom stereocenters. The van der Waals surface area contributed by atoms with Crippen molar-refractivity contribution in [3.05, 3.63) is 42.6 Å². The molecule has 0 aliphatic carbocycles. The molecule has 24 heavy (non-hydrogen) atoms. The largest absolute Gasteiger partial charge is 0.394 e. The molecule has 3 rings (SSSR count). The van der Waals surface area contributed by atoms with E-state index >= 15 is 0 Å². The minimum absolute atomic E-state index is 0.0307. The minimum Gasteiger partial charge on any atom is -0.394 e. The highest BCUT2D eigenvalue weighted by Crippen LogP contribution is 2.23. The molecule has 6 nitrogen and oxygen atoms in total. The SMILES string of the molecule is CNc1ccc(-c2cnc3ccc(N[C@H](CO)C(C)C)nn23)cc1. The normalized spacial score (nSPS) is 12.5. The average Bonchev–Trinajstić information content (AvgIpc) is 3.02. The Morgan fingerprint density at radius 3 is 2.50 bits per heavy atom. The van der Waals surface area contributed by atoms with Gasteiger partial charge in [0.15, 0.2) is 5.65 Å². The van der Waals surface area contributed by atoms with Crippen LogP contribution in [0.4, 0.5) is 11.5 Å². The molecule has 0 radical (unpaired) electrons. The summed E-state index contributed by atoms with van der Waals surface area (Å²) in [5.74, 6) is 1.03. The van der Waals surface area contributed by atoms with Crippen LogP contribution in [0.2, 0.25) is 0 Å². The predicted molar refractivity (Wildman–Crippen MR) is 97.3 cm³/mol. The Morgan fingerprint density at radius 1 is 1.12 bits per heavy atom. The number of hydrogen-bond donors (Lipinski definition) is 3. The third kappa shape index (κ3) is 3.19. The van der Waals surface area contributed by atoms with Crippen molar-refractivity contribution in [2.45, 2.75) is 19.9 Å². The maximum absolute atomic E-state index is 9.50. The molecule has 6 heteroatoms. The van der Waals surface area contributed by atoms with Crippen molar-refractivity contribution < 1.29 is 5.11 Å². The summed E-state index contributed by atoms with van der Waals surface area (Å²) in [6, 6.07) is 11.9. The lowest BCUT2D eigenvalue weighted by atomic mass is 10.1. The Balaban J connectivity index is 1.96. The van der Waals surface area contributed by atoms with Crippen molar-refractivity contribution in [1.82, 2.24) is 14.6 Å². The quantitative estimate of drug-likeness (QED) is 0.650. The molecule has 0 saturated heterocycles. The van der Waals surface area contributed by atoms with Gasteiger partial charge in [-0.2, -0.15) is 0 Å². The van der Waals surface area contributed by atoms with E-state index in [4.69, 9.17) is 0 Å². The second-order valence-corrected chi connectivity index (χ2v) is 6.14. The molecule has 2 heterocycles. The summed E-state index contributed by atoms with van der Waals surface area (Å²) in [6.45, 7) is 4.20. The van der Waals surface area contributed by atoms with Crippen LogP contribution in [0.1, 0.15) is 13.8 Å². The van der Waals surface area contributed by atoms with Crippen LogP contribution in [0.15, 0.2) is 42.6 Å². The smallest absolute Gasteiger partial charge is 0.154 e. The summed E-state index contributed by atoms with van der Waals surface area (Å²) in [7, 11) is 1.90. The molecule has 0 spiro atoms. The van der Waals surface area contributed by atoms with E-state index < -0.39 is 0 Å². The number of aromatic nitrogens is 3. The number of aliphatic hydroxyl groups is 1. The van der Waals surface area contributed by atoms with Crippen molar-refractivity contribution in [2.75, 3.05) is 24.3 Å². The van der Waals surface area contributed by atoms with Gasteiger partial charge in [-0.25, -0.2) is 9.50 Å². The van der Waals surface area contributed by atoms with Gasteiger partial charge in [0, 0.05) is 18.3 Å². The van der Waals surface area contributed by atoms with Crippen molar-refractivity contribution in [1.29, 1.82) is 0 Å². The third-order valence-electron chi connectivity index (χ3n) is 4.17. The van der Waals surface area contributed by atoms with Crippen LogP contribution in [0, 0.1) is 5.92 Å².